The number of fused-ring (bicyclic) bond motifs is 1. The number of aliphatic hydroxyl groups is 3. The Morgan fingerprint density at radius 3 is 2.68 bits per heavy atom. The second kappa shape index (κ2) is 7.49. The van der Waals surface area contributed by atoms with Gasteiger partial charge in [-0.3, -0.25) is 9.40 Å². The van der Waals surface area contributed by atoms with Crippen molar-refractivity contribution < 1.29 is 24.9 Å². The van der Waals surface area contributed by atoms with Gasteiger partial charge in [0.15, 0.2) is 17.5 Å². The first-order valence-corrected chi connectivity index (χ1v) is 8.95. The number of ether oxygens (including phenoxy) is 1. The summed E-state index contributed by atoms with van der Waals surface area (Å²) in [6.45, 7) is 2.09. The van der Waals surface area contributed by atoms with Gasteiger partial charge in [-0.25, -0.2) is 15.0 Å². The zero-order chi connectivity index (χ0) is 19.8. The third-order valence-corrected chi connectivity index (χ3v) is 4.93. The van der Waals surface area contributed by atoms with Gasteiger partial charge in [-0.2, -0.15) is 0 Å². The van der Waals surface area contributed by atoms with Crippen molar-refractivity contribution in [3.63, 3.8) is 0 Å². The van der Waals surface area contributed by atoms with Crippen LogP contribution in [0.5, 0.6) is 0 Å². The molecule has 1 aromatic heterocycles. The molecule has 3 heterocycles. The van der Waals surface area contributed by atoms with Gasteiger partial charge in [-0.05, 0) is 12.5 Å². The third-order valence-electron chi connectivity index (χ3n) is 4.93. The van der Waals surface area contributed by atoms with Crippen LogP contribution in [0.25, 0.3) is 5.82 Å². The maximum Gasteiger partial charge on any atom is 0.165 e. The van der Waals surface area contributed by atoms with Crippen LogP contribution in [-0.2, 0) is 16.2 Å². The number of nitrogens with two attached hydrogens (primary N) is 1. The van der Waals surface area contributed by atoms with Gasteiger partial charge in [0, 0.05) is 0 Å². The number of hydroxylamine groups is 2. The Kier molecular flexibility index (Phi) is 5.04. The predicted molar refractivity (Wildman–Crippen MR) is 96.3 cm³/mol. The first-order chi connectivity index (χ1) is 13.5. The molecule has 0 unspecified atom stereocenters. The molecule has 150 valence electrons. The van der Waals surface area contributed by atoms with E-state index in [2.05, 4.69) is 9.98 Å². The van der Waals surface area contributed by atoms with E-state index in [9.17, 15) is 15.3 Å². The molecule has 0 amide bonds. The molecule has 0 bridgehead atoms. The van der Waals surface area contributed by atoms with E-state index >= 15 is 0 Å². The molecule has 2 aliphatic heterocycles. The summed E-state index contributed by atoms with van der Waals surface area (Å²) in [5.74, 6) is 0.294. The minimum Gasteiger partial charge on any atom is -0.394 e. The van der Waals surface area contributed by atoms with Crippen LogP contribution in [0.3, 0.4) is 0 Å². The number of aryl methyl sites for hydroxylation is 1. The summed E-state index contributed by atoms with van der Waals surface area (Å²) in [6.07, 6.45) is -2.78. The van der Waals surface area contributed by atoms with Crippen molar-refractivity contribution in [1.29, 1.82) is 0 Å². The van der Waals surface area contributed by atoms with Gasteiger partial charge in [-0.1, -0.05) is 29.8 Å². The quantitative estimate of drug-likeness (QED) is 0.454. The summed E-state index contributed by atoms with van der Waals surface area (Å²) >= 11 is 0. The van der Waals surface area contributed by atoms with Crippen molar-refractivity contribution >= 4 is 5.82 Å². The van der Waals surface area contributed by atoms with E-state index in [1.807, 2.05) is 31.2 Å². The number of aliphatic hydroxyl groups excluding tert-OH is 3. The van der Waals surface area contributed by atoms with E-state index < -0.39 is 31.1 Å². The predicted octanol–water partition coefficient (Wildman–Crippen LogP) is -2.15. The van der Waals surface area contributed by atoms with Crippen molar-refractivity contribution in [2.24, 2.45) is 10.7 Å². The van der Waals surface area contributed by atoms with Crippen LogP contribution in [0.4, 0.5) is 0 Å². The number of imidazole rings is 1. The van der Waals surface area contributed by atoms with Gasteiger partial charge in [0.25, 0.3) is 0 Å². The zero-order valence-corrected chi connectivity index (χ0v) is 15.3. The molecule has 0 aliphatic carbocycles. The number of hydrogen-bond donors (Lipinski definition) is 4. The third kappa shape index (κ3) is 3.25. The van der Waals surface area contributed by atoms with Crippen molar-refractivity contribution in [1.82, 2.24) is 14.6 Å². The molecule has 4 atom stereocenters. The van der Waals surface area contributed by atoms with Crippen LogP contribution in [0.15, 0.2) is 35.6 Å². The van der Waals surface area contributed by atoms with Gasteiger partial charge in [0.2, 0.25) is 0 Å². The molecule has 10 heteroatoms. The van der Waals surface area contributed by atoms with E-state index in [4.69, 9.17) is 15.3 Å². The molecule has 2 aromatic rings. The summed E-state index contributed by atoms with van der Waals surface area (Å²) in [6, 6.07) is 7.98. The second-order valence-electron chi connectivity index (χ2n) is 6.88. The lowest BCUT2D eigenvalue weighted by Crippen LogP contribution is -2.47. The highest BCUT2D eigenvalue weighted by Gasteiger charge is 2.43. The fourth-order valence-corrected chi connectivity index (χ4v) is 3.26. The topological polar surface area (TPSA) is 139 Å². The van der Waals surface area contributed by atoms with E-state index in [1.165, 1.54) is 21.5 Å². The highest BCUT2D eigenvalue weighted by atomic mass is 16.7. The molecule has 5 N–H and O–H groups in total. The molecule has 4 rings (SSSR count). The Morgan fingerprint density at radius 1 is 1.25 bits per heavy atom. The van der Waals surface area contributed by atoms with E-state index in [-0.39, 0.29) is 6.67 Å². The average molecular weight is 389 g/mol. The van der Waals surface area contributed by atoms with Gasteiger partial charge in [-0.15, -0.1) is 0 Å². The molecule has 0 saturated carbocycles. The Bertz CT molecular complexity index is 960. The molecule has 0 radical (unpaired) electrons. The number of hydrogen-bond acceptors (Lipinski definition) is 9. The largest absolute Gasteiger partial charge is 0.394 e. The van der Waals surface area contributed by atoms with Gasteiger partial charge >= 0.3 is 0 Å². The standard InChI is InChI=1S/C18H23N5O5/c1-10-2-4-11(5-3-10)7-27-23-9-21-17-13(16(23)19)20-8-22(17)18-15(26)14(25)12(6-24)28-18/h2-5,8,12,14-15,18,24-26H,6-7,9,19H2,1H3/t12-,14-,15-,18-/m1/s1. The van der Waals surface area contributed by atoms with E-state index in [1.54, 1.807) is 0 Å². The summed E-state index contributed by atoms with van der Waals surface area (Å²) in [4.78, 5) is 14.5. The number of rotatable bonds is 5. The molecule has 1 fully saturated rings. The van der Waals surface area contributed by atoms with Crippen molar-refractivity contribution in [3.05, 3.63) is 52.6 Å². The fraction of sp³-hybridized carbons (Fsp3) is 0.444. The normalized spacial score (nSPS) is 27.0. The lowest BCUT2D eigenvalue weighted by atomic mass is 10.1. The maximum absolute atomic E-state index is 10.2. The summed E-state index contributed by atoms with van der Waals surface area (Å²) in [7, 11) is 0. The Morgan fingerprint density at radius 2 is 2.00 bits per heavy atom. The minimum atomic E-state index is -1.22. The molecular formula is C18H23N5O5. The van der Waals surface area contributed by atoms with Crippen LogP contribution in [0, 0.1) is 6.92 Å². The lowest BCUT2D eigenvalue weighted by molar-refractivity contribution is -0.124. The molecule has 0 spiro atoms. The van der Waals surface area contributed by atoms with Gasteiger partial charge in [0.05, 0.1) is 12.9 Å². The van der Waals surface area contributed by atoms with E-state index in [0.29, 0.717) is 23.3 Å². The summed E-state index contributed by atoms with van der Waals surface area (Å²) in [5.41, 5.74) is 8.78. The summed E-state index contributed by atoms with van der Waals surface area (Å²) in [5, 5.41) is 31.3. The molecular weight excluding hydrogens is 366 g/mol. The SMILES string of the molecule is Cc1ccc(CON2CN=c3c(ncn3[C@@H]3O[C@H](CO)[C@@H](O)[C@H]3O)=C2N)cc1. The monoisotopic (exact) mass is 389 g/mol. The molecule has 10 nitrogen and oxygen atoms in total. The van der Waals surface area contributed by atoms with Crippen LogP contribution in [-0.4, -0.2) is 61.5 Å². The fourth-order valence-electron chi connectivity index (χ4n) is 3.26. The smallest absolute Gasteiger partial charge is 0.165 e. The van der Waals surface area contributed by atoms with Crippen LogP contribution < -0.4 is 16.6 Å². The van der Waals surface area contributed by atoms with Crippen molar-refractivity contribution in [2.75, 3.05) is 13.3 Å². The van der Waals surface area contributed by atoms with Gasteiger partial charge in [0.1, 0.15) is 36.9 Å². The van der Waals surface area contributed by atoms with Crippen LogP contribution in [0.1, 0.15) is 17.4 Å². The first kappa shape index (κ1) is 18.8. The minimum absolute atomic E-state index is 0.144. The number of benzene rings is 1. The highest BCUT2D eigenvalue weighted by molar-refractivity contribution is 5.34. The van der Waals surface area contributed by atoms with Crippen molar-refractivity contribution in [2.45, 2.75) is 38.1 Å². The average Bonchev–Trinajstić information content (AvgIpc) is 3.24. The molecule has 2 aliphatic rings. The Balaban J connectivity index is 1.55. The molecule has 1 saturated heterocycles. The van der Waals surface area contributed by atoms with Crippen LogP contribution >= 0.6 is 0 Å². The Hall–Kier alpha value is -2.50. The molecule has 1 aromatic carbocycles. The highest BCUT2D eigenvalue weighted by Crippen LogP contribution is 2.27. The maximum atomic E-state index is 10.2. The lowest BCUT2D eigenvalue weighted by Gasteiger charge is -2.24. The Labute approximate surface area is 160 Å². The van der Waals surface area contributed by atoms with Crippen molar-refractivity contribution in [3.8, 4) is 0 Å². The first-order valence-electron chi connectivity index (χ1n) is 8.95. The number of nitrogens with zero attached hydrogens (tertiary/aromatic N) is 4. The van der Waals surface area contributed by atoms with Crippen LogP contribution in [0.2, 0.25) is 0 Å². The summed E-state index contributed by atoms with van der Waals surface area (Å²) < 4.78 is 7.04. The number of aromatic nitrogens is 2. The van der Waals surface area contributed by atoms with E-state index in [0.717, 1.165) is 5.56 Å². The second-order valence-corrected chi connectivity index (χ2v) is 6.88. The zero-order valence-electron chi connectivity index (χ0n) is 15.3. The molecule has 28 heavy (non-hydrogen) atoms. The van der Waals surface area contributed by atoms with Gasteiger partial charge < -0.3 is 25.8 Å².